The van der Waals surface area contributed by atoms with Gasteiger partial charge in [-0.05, 0) is 66.4 Å². The topological polar surface area (TPSA) is 372 Å². The number of primary amides is 1. The number of carboxylic acid groups (broad SMARTS) is 3. The van der Waals surface area contributed by atoms with Gasteiger partial charge in [0.05, 0.1) is 25.0 Å². The molecular formula is C43H49FN8O15S. The first-order valence-electron chi connectivity index (χ1n) is 20.5. The number of methoxy groups -OCH3 is 1. The highest BCUT2D eigenvalue weighted by molar-refractivity contribution is 7.89. The number of sulfonamides is 1. The molecule has 23 nitrogen and oxygen atoms in total. The molecule has 5 atom stereocenters. The number of hydrogen-bond acceptors (Lipinski definition) is 12. The van der Waals surface area contributed by atoms with Gasteiger partial charge in [-0.1, -0.05) is 30.3 Å². The number of nitrogens with one attached hydrogen (secondary N) is 7. The summed E-state index contributed by atoms with van der Waals surface area (Å²) in [6.45, 7) is -0.947. The first kappa shape index (κ1) is 52.7. The van der Waals surface area contributed by atoms with E-state index >= 15 is 0 Å². The van der Waals surface area contributed by atoms with Crippen molar-refractivity contribution in [2.45, 2.75) is 80.1 Å². The van der Waals surface area contributed by atoms with Crippen molar-refractivity contribution in [2.24, 2.45) is 5.73 Å². The van der Waals surface area contributed by atoms with Gasteiger partial charge in [0, 0.05) is 42.8 Å². The third-order valence-corrected chi connectivity index (χ3v) is 11.6. The molecule has 1 heterocycles. The van der Waals surface area contributed by atoms with Crippen LogP contribution < -0.4 is 41.8 Å². The molecule has 0 aliphatic carbocycles. The van der Waals surface area contributed by atoms with Crippen molar-refractivity contribution < 1.29 is 76.0 Å². The van der Waals surface area contributed by atoms with Gasteiger partial charge < -0.3 is 57.4 Å². The van der Waals surface area contributed by atoms with E-state index in [2.05, 4.69) is 31.6 Å². The van der Waals surface area contributed by atoms with Gasteiger partial charge in [-0.25, -0.2) is 12.8 Å². The largest absolute Gasteiger partial charge is 0.497 e. The summed E-state index contributed by atoms with van der Waals surface area (Å²) in [5.41, 5.74) is 6.81. The molecule has 0 bridgehead atoms. The maximum absolute atomic E-state index is 14.3. The lowest BCUT2D eigenvalue weighted by Gasteiger charge is -2.25. The van der Waals surface area contributed by atoms with E-state index in [-0.39, 0.29) is 29.1 Å². The van der Waals surface area contributed by atoms with Crippen LogP contribution >= 0.6 is 0 Å². The number of H-pyrrole nitrogens is 1. The number of carbonyl (C=O) groups is 9. The van der Waals surface area contributed by atoms with Crippen molar-refractivity contribution in [3.63, 3.8) is 0 Å². The van der Waals surface area contributed by atoms with Crippen LogP contribution in [0.1, 0.15) is 43.2 Å². The lowest BCUT2D eigenvalue weighted by molar-refractivity contribution is -0.140. The number of hydrogen-bond donors (Lipinski definition) is 11. The third kappa shape index (κ3) is 16.2. The Balaban J connectivity index is 1.55. The predicted molar refractivity (Wildman–Crippen MR) is 235 cm³/mol. The Morgan fingerprint density at radius 3 is 1.88 bits per heavy atom. The van der Waals surface area contributed by atoms with Gasteiger partial charge in [0.15, 0.2) is 0 Å². The molecule has 12 N–H and O–H groups in total. The maximum atomic E-state index is 14.3. The fourth-order valence-corrected chi connectivity index (χ4v) is 7.85. The van der Waals surface area contributed by atoms with Crippen molar-refractivity contribution in [1.82, 2.24) is 36.3 Å². The second kappa shape index (κ2) is 24.6. The number of amides is 6. The molecule has 0 aliphatic heterocycles. The van der Waals surface area contributed by atoms with E-state index in [0.29, 0.717) is 16.5 Å². The van der Waals surface area contributed by atoms with E-state index in [1.165, 1.54) is 31.4 Å². The average molecular weight is 969 g/mol. The second-order valence-electron chi connectivity index (χ2n) is 15.1. The molecule has 0 fully saturated rings. The number of carbonyl (C=O) groups excluding carboxylic acids is 6. The molecule has 0 radical (unpaired) electrons. The molecule has 364 valence electrons. The van der Waals surface area contributed by atoms with E-state index in [4.69, 9.17) is 15.6 Å². The minimum Gasteiger partial charge on any atom is -0.497 e. The number of aliphatic carboxylic acids is 3. The highest BCUT2D eigenvalue weighted by Crippen LogP contribution is 2.20. The summed E-state index contributed by atoms with van der Waals surface area (Å²) in [4.78, 5) is 117. The number of para-hydroxylation sites is 1. The van der Waals surface area contributed by atoms with Gasteiger partial charge in [0.25, 0.3) is 0 Å². The Hall–Kier alpha value is -7.93. The predicted octanol–water partition coefficient (Wildman–Crippen LogP) is -0.807. The zero-order chi connectivity index (χ0) is 50.1. The van der Waals surface area contributed by atoms with Crippen LogP contribution in [0.25, 0.3) is 10.9 Å². The van der Waals surface area contributed by atoms with Crippen LogP contribution in [0.15, 0.2) is 83.9 Å². The SMILES string of the molecule is COc1ccc(S(=O)(=O)NC(CC(=O)O)C(=O)NC(CCC(=O)O)C(=O)NCC(=O)NC(Cc2cccc(F)c2)C(=O)NC(Cc2c[nH]c3ccccc23)C(=O)NC(CCC(=O)O)C(N)=O)cc1. The van der Waals surface area contributed by atoms with Crippen LogP contribution in [0.3, 0.4) is 0 Å². The summed E-state index contributed by atoms with van der Waals surface area (Å²) < 4.78 is 47.5. The van der Waals surface area contributed by atoms with Crippen molar-refractivity contribution in [3.8, 4) is 5.75 Å². The van der Waals surface area contributed by atoms with Crippen molar-refractivity contribution in [2.75, 3.05) is 13.7 Å². The summed E-state index contributed by atoms with van der Waals surface area (Å²) in [5.74, 6) is -11.4. The van der Waals surface area contributed by atoms with Gasteiger partial charge in [0.2, 0.25) is 45.5 Å². The van der Waals surface area contributed by atoms with Gasteiger partial charge >= 0.3 is 17.9 Å². The van der Waals surface area contributed by atoms with Crippen molar-refractivity contribution in [3.05, 3.63) is 95.9 Å². The normalized spacial score (nSPS) is 13.4. The van der Waals surface area contributed by atoms with E-state index < -0.39 is 138 Å². The number of nitrogens with two attached hydrogens (primary N) is 1. The second-order valence-corrected chi connectivity index (χ2v) is 16.8. The molecule has 68 heavy (non-hydrogen) atoms. The van der Waals surface area contributed by atoms with E-state index in [9.17, 15) is 66.2 Å². The summed E-state index contributed by atoms with van der Waals surface area (Å²) in [7, 11) is -3.23. The monoisotopic (exact) mass is 968 g/mol. The summed E-state index contributed by atoms with van der Waals surface area (Å²) >= 11 is 0. The molecule has 4 rings (SSSR count). The summed E-state index contributed by atoms with van der Waals surface area (Å²) in [6.07, 6.45) is -2.47. The number of benzene rings is 3. The van der Waals surface area contributed by atoms with Gasteiger partial charge in [-0.3, -0.25) is 43.2 Å². The number of carboxylic acids is 3. The van der Waals surface area contributed by atoms with Crippen LogP contribution in [0, 0.1) is 5.82 Å². The number of aromatic nitrogens is 1. The standard InChI is InChI=1S/C43H49FN8O15S/c1-67-26-9-11-27(12-10-26)68(65,66)52-34(20-38(58)59)43(64)50-31(14-16-37(56)57)40(61)47-22-35(53)48-32(18-23-5-4-6-25(44)17-23)41(62)51-33(19-24-21-46-29-8-3-2-7-28(24)29)42(63)49-30(39(45)60)13-15-36(54)55/h2-12,17,21,30-34,46,52H,13-16,18-20,22H2,1H3,(H2,45,60)(H,47,61)(H,48,53)(H,49,63)(H,50,64)(H,51,62)(H,54,55)(H,56,57)(H,58,59). The first-order chi connectivity index (χ1) is 32.1. The van der Waals surface area contributed by atoms with Gasteiger partial charge in [-0.2, -0.15) is 4.72 Å². The van der Waals surface area contributed by atoms with Crippen LogP contribution in [0.2, 0.25) is 0 Å². The van der Waals surface area contributed by atoms with Crippen molar-refractivity contribution >= 4 is 74.3 Å². The molecule has 6 amide bonds. The van der Waals surface area contributed by atoms with Crippen LogP contribution in [-0.2, 0) is 66.0 Å². The highest BCUT2D eigenvalue weighted by Gasteiger charge is 2.33. The summed E-state index contributed by atoms with van der Waals surface area (Å²) in [5, 5.41) is 40.2. The smallest absolute Gasteiger partial charge is 0.305 e. The fraction of sp³-hybridized carbons (Fsp3) is 0.326. The molecule has 25 heteroatoms. The number of aromatic amines is 1. The molecular weight excluding hydrogens is 920 g/mol. The number of fused-ring (bicyclic) bond motifs is 1. The zero-order valence-corrected chi connectivity index (χ0v) is 37.0. The van der Waals surface area contributed by atoms with Crippen LogP contribution in [-0.4, -0.2) is 126 Å². The summed E-state index contributed by atoms with van der Waals surface area (Å²) in [6, 6.07) is 8.29. The van der Waals surface area contributed by atoms with Gasteiger partial charge in [-0.15, -0.1) is 0 Å². The Morgan fingerprint density at radius 1 is 0.691 bits per heavy atom. The molecule has 0 spiro atoms. The average Bonchev–Trinajstić information content (AvgIpc) is 3.69. The lowest BCUT2D eigenvalue weighted by atomic mass is 10.0. The lowest BCUT2D eigenvalue weighted by Crippen LogP contribution is -2.58. The van der Waals surface area contributed by atoms with Crippen LogP contribution in [0.5, 0.6) is 5.75 Å². The van der Waals surface area contributed by atoms with Crippen LogP contribution in [0.4, 0.5) is 4.39 Å². The Kier molecular flexibility index (Phi) is 19.0. The number of rotatable bonds is 27. The Labute approximate surface area is 386 Å². The first-order valence-corrected chi connectivity index (χ1v) is 22.0. The third-order valence-electron chi connectivity index (χ3n) is 10.1. The van der Waals surface area contributed by atoms with E-state index in [0.717, 1.165) is 24.3 Å². The molecule has 4 aromatic rings. The fourth-order valence-electron chi connectivity index (χ4n) is 6.65. The molecule has 0 saturated carbocycles. The minimum atomic E-state index is -4.56. The molecule has 3 aromatic carbocycles. The number of ether oxygens (including phenoxy) is 1. The number of halogens is 1. The minimum absolute atomic E-state index is 0.185. The zero-order valence-electron chi connectivity index (χ0n) is 36.2. The van der Waals surface area contributed by atoms with E-state index in [1.807, 2.05) is 4.72 Å². The molecule has 0 aliphatic rings. The van der Waals surface area contributed by atoms with E-state index in [1.54, 1.807) is 30.5 Å². The highest BCUT2D eigenvalue weighted by atomic mass is 32.2. The molecule has 1 aromatic heterocycles. The molecule has 5 unspecified atom stereocenters. The quantitative estimate of drug-likeness (QED) is 0.0348. The van der Waals surface area contributed by atoms with Gasteiger partial charge in [0.1, 0.15) is 41.8 Å². The Bertz CT molecular complexity index is 2630. The Morgan fingerprint density at radius 2 is 1.28 bits per heavy atom. The van der Waals surface area contributed by atoms with Crippen molar-refractivity contribution in [1.29, 1.82) is 0 Å². The maximum Gasteiger partial charge on any atom is 0.305 e. The molecule has 0 saturated heterocycles.